The smallest absolute Gasteiger partial charge is 0.394 e. The topological polar surface area (TPSA) is 77.9 Å². The minimum absolute atomic E-state index is 0.176. The fourth-order valence-electron chi connectivity index (χ4n) is 3.24. The van der Waals surface area contributed by atoms with Crippen molar-refractivity contribution in [2.45, 2.75) is 38.3 Å². The van der Waals surface area contributed by atoms with Crippen LogP contribution in [0, 0.1) is 11.8 Å². The van der Waals surface area contributed by atoms with Gasteiger partial charge in [0.25, 0.3) is 0 Å². The molecule has 0 spiro atoms. The second kappa shape index (κ2) is 7.40. The number of rotatable bonds is 3. The number of nitrogens with zero attached hydrogens (tertiary/aromatic N) is 2. The number of carboxylic acid groups (broad SMARTS) is 1. The number of hydrogen-bond donors (Lipinski definition) is 1. The molecule has 0 aromatic rings. The molecule has 2 saturated heterocycles. The van der Waals surface area contributed by atoms with Crippen LogP contribution in [-0.2, 0) is 14.4 Å². The summed E-state index contributed by atoms with van der Waals surface area (Å²) in [5.41, 5.74) is 0. The van der Waals surface area contributed by atoms with E-state index in [4.69, 9.17) is 5.11 Å². The zero-order chi connectivity index (χ0) is 17.9. The van der Waals surface area contributed by atoms with Crippen molar-refractivity contribution in [1.29, 1.82) is 0 Å². The average molecular weight is 350 g/mol. The lowest BCUT2D eigenvalue weighted by Gasteiger charge is -2.26. The van der Waals surface area contributed by atoms with Gasteiger partial charge in [0.15, 0.2) is 0 Å². The number of alkyl halides is 3. The van der Waals surface area contributed by atoms with Crippen molar-refractivity contribution in [3.05, 3.63) is 0 Å². The Labute approximate surface area is 137 Å². The van der Waals surface area contributed by atoms with Crippen LogP contribution < -0.4 is 0 Å². The summed E-state index contributed by atoms with van der Waals surface area (Å²) in [6, 6.07) is 0. The number of aliphatic carboxylic acids is 1. The third-order valence-corrected chi connectivity index (χ3v) is 4.66. The highest BCUT2D eigenvalue weighted by atomic mass is 19.4. The lowest BCUT2D eigenvalue weighted by atomic mass is 9.96. The number of likely N-dealkylation sites (tertiary alicyclic amines) is 2. The zero-order valence-corrected chi connectivity index (χ0v) is 13.2. The average Bonchev–Trinajstić information content (AvgIpc) is 2.92. The highest BCUT2D eigenvalue weighted by Crippen LogP contribution is 2.37. The molecule has 2 fully saturated rings. The summed E-state index contributed by atoms with van der Waals surface area (Å²) in [7, 11) is 0. The Morgan fingerprint density at radius 1 is 1.12 bits per heavy atom. The van der Waals surface area contributed by atoms with Gasteiger partial charge in [0.1, 0.15) is 0 Å². The van der Waals surface area contributed by atoms with Gasteiger partial charge in [0, 0.05) is 26.1 Å². The van der Waals surface area contributed by atoms with Crippen LogP contribution in [0.5, 0.6) is 0 Å². The molecule has 136 valence electrons. The third-order valence-electron chi connectivity index (χ3n) is 4.66. The minimum Gasteiger partial charge on any atom is -0.481 e. The molecular weight excluding hydrogens is 329 g/mol. The Kier molecular flexibility index (Phi) is 5.71. The Hall–Kier alpha value is -1.80. The maximum atomic E-state index is 13.0. The Bertz CT molecular complexity index is 509. The van der Waals surface area contributed by atoms with Crippen molar-refractivity contribution >= 4 is 17.8 Å². The van der Waals surface area contributed by atoms with Crippen LogP contribution in [0.1, 0.15) is 32.1 Å². The molecule has 0 aromatic carbocycles. The molecule has 2 heterocycles. The molecule has 2 atom stereocenters. The lowest BCUT2D eigenvalue weighted by molar-refractivity contribution is -0.188. The molecule has 0 bridgehead atoms. The van der Waals surface area contributed by atoms with E-state index in [1.54, 1.807) is 0 Å². The fraction of sp³-hybridized carbons (Fsp3) is 0.800. The van der Waals surface area contributed by atoms with Crippen LogP contribution >= 0.6 is 0 Å². The van der Waals surface area contributed by atoms with Crippen molar-refractivity contribution in [3.8, 4) is 0 Å². The first-order chi connectivity index (χ1) is 11.2. The maximum absolute atomic E-state index is 13.0. The van der Waals surface area contributed by atoms with Gasteiger partial charge in [-0.2, -0.15) is 13.2 Å². The monoisotopic (exact) mass is 350 g/mol. The molecule has 24 heavy (non-hydrogen) atoms. The molecule has 0 radical (unpaired) electrons. The number of carbonyl (C=O) groups is 3. The van der Waals surface area contributed by atoms with Gasteiger partial charge in [-0.05, 0) is 12.8 Å². The predicted octanol–water partition coefficient (Wildman–Crippen LogP) is 1.50. The van der Waals surface area contributed by atoms with Gasteiger partial charge in [-0.15, -0.1) is 0 Å². The molecule has 0 aromatic heterocycles. The number of hydrogen-bond acceptors (Lipinski definition) is 3. The fourth-order valence-corrected chi connectivity index (χ4v) is 3.24. The van der Waals surface area contributed by atoms with Crippen LogP contribution in [0.15, 0.2) is 0 Å². The standard InChI is InChI=1S/C15H21F3N2O4/c16-15(17,18)11-8-20(7-10(11)14(23)24)13(22)9-19-6-4-2-1-3-5-12(19)21/h10-11H,1-9H2,(H,23,24)/t10-,11-/m1/s1. The molecule has 2 rings (SSSR count). The van der Waals surface area contributed by atoms with Gasteiger partial charge in [0.05, 0.1) is 18.4 Å². The van der Waals surface area contributed by atoms with Gasteiger partial charge in [-0.25, -0.2) is 0 Å². The molecule has 6 nitrogen and oxygen atoms in total. The molecule has 0 unspecified atom stereocenters. The van der Waals surface area contributed by atoms with Crippen LogP contribution in [0.25, 0.3) is 0 Å². The van der Waals surface area contributed by atoms with Gasteiger partial charge >= 0.3 is 12.1 Å². The maximum Gasteiger partial charge on any atom is 0.394 e. The molecule has 0 aliphatic carbocycles. The molecule has 2 aliphatic rings. The lowest BCUT2D eigenvalue weighted by Crippen LogP contribution is -2.43. The summed E-state index contributed by atoms with van der Waals surface area (Å²) in [6.45, 7) is -1.01. The predicted molar refractivity (Wildman–Crippen MR) is 76.9 cm³/mol. The van der Waals surface area contributed by atoms with E-state index >= 15 is 0 Å². The van der Waals surface area contributed by atoms with Crippen LogP contribution in [0.4, 0.5) is 13.2 Å². The van der Waals surface area contributed by atoms with Crippen molar-refractivity contribution in [2.75, 3.05) is 26.2 Å². The number of carboxylic acids is 1. The van der Waals surface area contributed by atoms with E-state index in [2.05, 4.69) is 0 Å². The molecular formula is C15H21F3N2O4. The van der Waals surface area contributed by atoms with Gasteiger partial charge in [-0.3, -0.25) is 14.4 Å². The largest absolute Gasteiger partial charge is 0.481 e. The molecule has 2 amide bonds. The highest BCUT2D eigenvalue weighted by Gasteiger charge is 2.53. The normalized spacial score (nSPS) is 26.2. The Balaban J connectivity index is 2.01. The van der Waals surface area contributed by atoms with Gasteiger partial charge in [-0.1, -0.05) is 12.8 Å². The van der Waals surface area contributed by atoms with E-state index in [1.165, 1.54) is 4.90 Å². The molecule has 2 aliphatic heterocycles. The van der Waals surface area contributed by atoms with Gasteiger partial charge < -0.3 is 14.9 Å². The first kappa shape index (κ1) is 18.5. The van der Waals surface area contributed by atoms with E-state index in [9.17, 15) is 27.6 Å². The number of carbonyl (C=O) groups excluding carboxylic acids is 2. The highest BCUT2D eigenvalue weighted by molar-refractivity contribution is 5.85. The van der Waals surface area contributed by atoms with E-state index in [0.717, 1.165) is 30.6 Å². The van der Waals surface area contributed by atoms with E-state index in [1.807, 2.05) is 0 Å². The van der Waals surface area contributed by atoms with Crippen LogP contribution in [-0.4, -0.2) is 65.0 Å². The number of amides is 2. The first-order valence-electron chi connectivity index (χ1n) is 8.05. The summed E-state index contributed by atoms with van der Waals surface area (Å²) in [4.78, 5) is 37.6. The summed E-state index contributed by atoms with van der Waals surface area (Å²) in [5.74, 6) is -6.08. The molecule has 1 N–H and O–H groups in total. The van der Waals surface area contributed by atoms with Gasteiger partial charge in [0.2, 0.25) is 11.8 Å². The number of halogens is 3. The second-order valence-corrected chi connectivity index (χ2v) is 6.37. The molecule has 9 heteroatoms. The van der Waals surface area contributed by atoms with E-state index in [0.29, 0.717) is 13.0 Å². The van der Waals surface area contributed by atoms with E-state index in [-0.39, 0.29) is 12.5 Å². The Morgan fingerprint density at radius 2 is 1.79 bits per heavy atom. The SMILES string of the molecule is O=C(O)[C@@H]1CN(C(=O)CN2CCCCCCC2=O)C[C@H]1C(F)(F)F. The third kappa shape index (κ3) is 4.39. The summed E-state index contributed by atoms with van der Waals surface area (Å²) in [5, 5.41) is 8.98. The summed E-state index contributed by atoms with van der Waals surface area (Å²) < 4.78 is 38.9. The van der Waals surface area contributed by atoms with Crippen molar-refractivity contribution in [2.24, 2.45) is 11.8 Å². The van der Waals surface area contributed by atoms with Crippen molar-refractivity contribution < 1.29 is 32.7 Å². The zero-order valence-electron chi connectivity index (χ0n) is 13.2. The van der Waals surface area contributed by atoms with Crippen molar-refractivity contribution in [3.63, 3.8) is 0 Å². The van der Waals surface area contributed by atoms with Crippen molar-refractivity contribution in [1.82, 2.24) is 9.80 Å². The molecule has 0 saturated carbocycles. The minimum atomic E-state index is -4.67. The van der Waals surface area contributed by atoms with Crippen LogP contribution in [0.3, 0.4) is 0 Å². The first-order valence-corrected chi connectivity index (χ1v) is 8.05. The Morgan fingerprint density at radius 3 is 2.38 bits per heavy atom. The summed E-state index contributed by atoms with van der Waals surface area (Å²) in [6.07, 6.45) is -0.955. The second-order valence-electron chi connectivity index (χ2n) is 6.37. The quantitative estimate of drug-likeness (QED) is 0.837. The van der Waals surface area contributed by atoms with Crippen LogP contribution in [0.2, 0.25) is 0 Å². The summed E-state index contributed by atoms with van der Waals surface area (Å²) >= 11 is 0. The van der Waals surface area contributed by atoms with E-state index < -0.39 is 43.0 Å².